The van der Waals surface area contributed by atoms with Crippen LogP contribution in [-0.4, -0.2) is 37.9 Å². The van der Waals surface area contributed by atoms with Gasteiger partial charge in [-0.05, 0) is 80.1 Å². The first-order valence-electron chi connectivity index (χ1n) is 8.15. The summed E-state index contributed by atoms with van der Waals surface area (Å²) in [6, 6.07) is 6.41. The number of benzene rings is 1. The second-order valence-corrected chi connectivity index (χ2v) is 6.68. The van der Waals surface area contributed by atoms with Crippen molar-refractivity contribution in [2.24, 2.45) is 5.92 Å². The number of hydrogen-bond donors (Lipinski definition) is 0. The Balaban J connectivity index is 0.00000192. The van der Waals surface area contributed by atoms with Crippen LogP contribution in [0, 0.1) is 5.92 Å². The number of allylic oxidation sites excluding steroid dienone is 1. The van der Waals surface area contributed by atoms with Crippen molar-refractivity contribution in [3.8, 4) is 5.75 Å². The number of carbonyl (C=O) groups is 1. The zero-order chi connectivity index (χ0) is 15.7. The molecule has 1 unspecified atom stereocenters. The summed E-state index contributed by atoms with van der Waals surface area (Å²) < 4.78 is 5.37. The fourth-order valence-electron chi connectivity index (χ4n) is 3.95. The highest BCUT2D eigenvalue weighted by molar-refractivity contribution is 5.85. The van der Waals surface area contributed by atoms with Crippen molar-refractivity contribution in [2.75, 3.05) is 27.2 Å². The van der Waals surface area contributed by atoms with E-state index < -0.39 is 0 Å². The molecule has 1 aliphatic heterocycles. The molecule has 1 aromatic carbocycles. The molecule has 0 N–H and O–H groups in total. The van der Waals surface area contributed by atoms with Gasteiger partial charge < -0.3 is 9.64 Å². The monoisotopic (exact) mass is 335 g/mol. The average Bonchev–Trinajstić information content (AvgIpc) is 2.65. The summed E-state index contributed by atoms with van der Waals surface area (Å²) >= 11 is 0. The SMILES string of the molecule is COc1ccc2c(c1)CCC1CCN(C)CC(CC(C)=O)=C21.Cl. The lowest BCUT2D eigenvalue weighted by atomic mass is 9.75. The van der Waals surface area contributed by atoms with Crippen LogP contribution in [0.2, 0.25) is 0 Å². The molecule has 0 bridgehead atoms. The van der Waals surface area contributed by atoms with Gasteiger partial charge in [0.15, 0.2) is 0 Å². The number of nitrogens with zero attached hydrogens (tertiary/aromatic N) is 1. The maximum Gasteiger partial charge on any atom is 0.133 e. The highest BCUT2D eigenvalue weighted by atomic mass is 35.5. The molecule has 0 aromatic heterocycles. The second-order valence-electron chi connectivity index (χ2n) is 6.68. The lowest BCUT2D eigenvalue weighted by Gasteiger charge is -2.29. The van der Waals surface area contributed by atoms with Crippen LogP contribution in [-0.2, 0) is 11.2 Å². The van der Waals surface area contributed by atoms with E-state index in [0.29, 0.717) is 12.3 Å². The van der Waals surface area contributed by atoms with Gasteiger partial charge in [-0.1, -0.05) is 6.07 Å². The smallest absolute Gasteiger partial charge is 0.133 e. The Morgan fingerprint density at radius 2 is 2.13 bits per heavy atom. The number of aryl methyl sites for hydroxylation is 1. The molecule has 1 atom stereocenters. The van der Waals surface area contributed by atoms with Gasteiger partial charge in [0.1, 0.15) is 11.5 Å². The Morgan fingerprint density at radius 1 is 1.35 bits per heavy atom. The number of carbonyl (C=O) groups excluding carboxylic acids is 1. The number of ketones is 1. The van der Waals surface area contributed by atoms with Crippen LogP contribution in [0.3, 0.4) is 0 Å². The molecule has 1 aliphatic carbocycles. The van der Waals surface area contributed by atoms with E-state index in [1.807, 2.05) is 6.07 Å². The van der Waals surface area contributed by atoms with Crippen molar-refractivity contribution in [1.82, 2.24) is 4.90 Å². The highest BCUT2D eigenvalue weighted by Gasteiger charge is 2.29. The molecule has 4 heteroatoms. The average molecular weight is 336 g/mol. The molecule has 0 spiro atoms. The van der Waals surface area contributed by atoms with Crippen LogP contribution in [0.5, 0.6) is 5.75 Å². The van der Waals surface area contributed by atoms with E-state index in [4.69, 9.17) is 4.74 Å². The van der Waals surface area contributed by atoms with E-state index in [0.717, 1.165) is 25.3 Å². The van der Waals surface area contributed by atoms with Gasteiger partial charge in [0.05, 0.1) is 7.11 Å². The van der Waals surface area contributed by atoms with Crippen molar-refractivity contribution in [3.05, 3.63) is 34.9 Å². The summed E-state index contributed by atoms with van der Waals surface area (Å²) in [5, 5.41) is 0. The molecular formula is C19H26ClNO2. The quantitative estimate of drug-likeness (QED) is 0.842. The third-order valence-electron chi connectivity index (χ3n) is 4.94. The molecule has 23 heavy (non-hydrogen) atoms. The number of halogens is 1. The van der Waals surface area contributed by atoms with Crippen molar-refractivity contribution < 1.29 is 9.53 Å². The molecule has 2 aliphatic rings. The van der Waals surface area contributed by atoms with Gasteiger partial charge in [0, 0.05) is 13.0 Å². The summed E-state index contributed by atoms with van der Waals surface area (Å²) in [4.78, 5) is 14.1. The highest BCUT2D eigenvalue weighted by Crippen LogP contribution is 2.42. The van der Waals surface area contributed by atoms with Crippen LogP contribution in [0.25, 0.3) is 5.57 Å². The number of methoxy groups -OCH3 is 1. The first kappa shape index (κ1) is 18.0. The molecule has 0 fully saturated rings. The van der Waals surface area contributed by atoms with Crippen molar-refractivity contribution in [1.29, 1.82) is 0 Å². The molecule has 1 heterocycles. The van der Waals surface area contributed by atoms with Gasteiger partial charge in [-0.3, -0.25) is 4.79 Å². The van der Waals surface area contributed by atoms with Crippen LogP contribution in [0.1, 0.15) is 37.3 Å². The lowest BCUT2D eigenvalue weighted by Crippen LogP contribution is -2.21. The maximum absolute atomic E-state index is 11.7. The fraction of sp³-hybridized carbons (Fsp3) is 0.526. The summed E-state index contributed by atoms with van der Waals surface area (Å²) in [6.45, 7) is 3.73. The van der Waals surface area contributed by atoms with Gasteiger partial charge >= 0.3 is 0 Å². The summed E-state index contributed by atoms with van der Waals surface area (Å²) in [5.74, 6) is 1.79. The van der Waals surface area contributed by atoms with Gasteiger partial charge in [0.2, 0.25) is 0 Å². The van der Waals surface area contributed by atoms with Crippen LogP contribution < -0.4 is 4.74 Å². The number of hydrogen-bond acceptors (Lipinski definition) is 3. The summed E-state index contributed by atoms with van der Waals surface area (Å²) in [5.41, 5.74) is 5.49. The van der Waals surface area contributed by atoms with E-state index in [2.05, 4.69) is 24.1 Å². The molecule has 0 radical (unpaired) electrons. The third-order valence-corrected chi connectivity index (χ3v) is 4.94. The zero-order valence-corrected chi connectivity index (χ0v) is 15.0. The predicted octanol–water partition coefficient (Wildman–Crippen LogP) is 3.75. The minimum Gasteiger partial charge on any atom is -0.497 e. The van der Waals surface area contributed by atoms with Crippen molar-refractivity contribution in [3.63, 3.8) is 0 Å². The molecular weight excluding hydrogens is 310 g/mol. The minimum absolute atomic E-state index is 0. The Kier molecular flexibility index (Phi) is 5.88. The lowest BCUT2D eigenvalue weighted by molar-refractivity contribution is -0.116. The molecule has 1 aromatic rings. The molecule has 3 rings (SSSR count). The van der Waals surface area contributed by atoms with E-state index in [1.165, 1.54) is 35.1 Å². The zero-order valence-electron chi connectivity index (χ0n) is 14.2. The minimum atomic E-state index is 0. The van der Waals surface area contributed by atoms with Gasteiger partial charge in [-0.2, -0.15) is 0 Å². The molecule has 0 amide bonds. The van der Waals surface area contributed by atoms with Gasteiger partial charge in [0.25, 0.3) is 0 Å². The normalized spacial score (nSPS) is 20.9. The Hall–Kier alpha value is -1.32. The van der Waals surface area contributed by atoms with Gasteiger partial charge in [-0.15, -0.1) is 12.4 Å². The number of Topliss-reactive ketones (excluding diaryl/α,β-unsaturated/α-hetero) is 1. The van der Waals surface area contributed by atoms with Crippen molar-refractivity contribution >= 4 is 23.8 Å². The van der Waals surface area contributed by atoms with Crippen molar-refractivity contribution in [2.45, 2.75) is 32.6 Å². The van der Waals surface area contributed by atoms with E-state index >= 15 is 0 Å². The number of rotatable bonds is 3. The maximum atomic E-state index is 11.7. The molecule has 126 valence electrons. The van der Waals surface area contributed by atoms with E-state index in [-0.39, 0.29) is 18.2 Å². The first-order valence-corrected chi connectivity index (χ1v) is 8.15. The summed E-state index contributed by atoms with van der Waals surface area (Å²) in [6.07, 6.45) is 4.07. The molecule has 3 nitrogen and oxygen atoms in total. The topological polar surface area (TPSA) is 29.5 Å². The third kappa shape index (κ3) is 3.78. The van der Waals surface area contributed by atoms with Crippen LogP contribution in [0.15, 0.2) is 23.8 Å². The molecule has 0 saturated heterocycles. The Morgan fingerprint density at radius 3 is 2.83 bits per heavy atom. The standard InChI is InChI=1S/C19H25NO2.ClH/c1-13(21)10-16-12-20(2)9-8-14-4-5-15-11-17(22-3)6-7-18(15)19(14)16;/h6-7,11,14H,4-5,8-10,12H2,1-3H3;1H. The molecule has 0 saturated carbocycles. The predicted molar refractivity (Wildman–Crippen MR) is 96.4 cm³/mol. The number of fused-ring (bicyclic) bond motifs is 3. The largest absolute Gasteiger partial charge is 0.497 e. The summed E-state index contributed by atoms with van der Waals surface area (Å²) in [7, 11) is 3.88. The van der Waals surface area contributed by atoms with E-state index in [9.17, 15) is 4.79 Å². The number of likely N-dealkylation sites (N-methyl/N-ethyl adjacent to an activating group) is 1. The fourth-order valence-corrected chi connectivity index (χ4v) is 3.95. The first-order chi connectivity index (χ1) is 10.6. The Labute approximate surface area is 145 Å². The number of ether oxygens (including phenoxy) is 1. The van der Waals surface area contributed by atoms with Crippen LogP contribution >= 0.6 is 12.4 Å². The Bertz CT molecular complexity index is 624. The van der Waals surface area contributed by atoms with Gasteiger partial charge in [-0.25, -0.2) is 0 Å². The second kappa shape index (κ2) is 7.50. The van der Waals surface area contributed by atoms with E-state index in [1.54, 1.807) is 14.0 Å². The van der Waals surface area contributed by atoms with Crippen LogP contribution in [0.4, 0.5) is 0 Å².